The third kappa shape index (κ3) is 2.84. The van der Waals surface area contributed by atoms with Crippen molar-refractivity contribution in [1.29, 1.82) is 0 Å². The van der Waals surface area contributed by atoms with E-state index in [4.69, 9.17) is 10.5 Å². The molecule has 0 amide bonds. The molecule has 0 heterocycles. The zero-order valence-corrected chi connectivity index (χ0v) is 9.70. The number of nitrogens with two attached hydrogens (primary N) is 1. The van der Waals surface area contributed by atoms with Gasteiger partial charge < -0.3 is 10.5 Å². The summed E-state index contributed by atoms with van der Waals surface area (Å²) in [5.41, 5.74) is 6.47. The van der Waals surface area contributed by atoms with Gasteiger partial charge in [-0.05, 0) is 23.8 Å². The van der Waals surface area contributed by atoms with Gasteiger partial charge in [0.25, 0.3) is 0 Å². The Bertz CT molecular complexity index is 543. The third-order valence-corrected chi connectivity index (χ3v) is 2.57. The highest BCUT2D eigenvalue weighted by atomic mass is 19.1. The molecule has 0 fully saturated rings. The lowest BCUT2D eigenvalue weighted by Gasteiger charge is -2.08. The molecule has 94 valence electrons. The molecule has 2 nitrogen and oxygen atoms in total. The lowest BCUT2D eigenvalue weighted by Crippen LogP contribution is -2.01. The summed E-state index contributed by atoms with van der Waals surface area (Å²) in [7, 11) is 0. The molecule has 0 bridgehead atoms. The molecular formula is C14H13F2NO. The SMILES string of the molecule is NCc1ccc(OCc2ccccc2F)c(F)c1. The lowest BCUT2D eigenvalue weighted by molar-refractivity contribution is 0.284. The Morgan fingerprint density at radius 2 is 1.78 bits per heavy atom. The first kappa shape index (κ1) is 12.5. The minimum absolute atomic E-state index is 0.00837. The van der Waals surface area contributed by atoms with E-state index in [1.54, 1.807) is 24.3 Å². The standard InChI is InChI=1S/C14H13F2NO/c15-12-4-2-1-3-11(12)9-18-14-6-5-10(8-17)7-13(14)16/h1-7H,8-9,17H2. The van der Waals surface area contributed by atoms with E-state index in [1.165, 1.54) is 18.2 Å². The summed E-state index contributed by atoms with van der Waals surface area (Å²) in [4.78, 5) is 0. The van der Waals surface area contributed by atoms with E-state index < -0.39 is 5.82 Å². The minimum atomic E-state index is -0.491. The molecule has 0 aliphatic rings. The molecule has 2 aromatic carbocycles. The Hall–Kier alpha value is -1.94. The molecule has 18 heavy (non-hydrogen) atoms. The van der Waals surface area contributed by atoms with Gasteiger partial charge in [-0.1, -0.05) is 24.3 Å². The van der Waals surface area contributed by atoms with Gasteiger partial charge >= 0.3 is 0 Å². The highest BCUT2D eigenvalue weighted by molar-refractivity contribution is 5.29. The number of halogens is 2. The van der Waals surface area contributed by atoms with Crippen molar-refractivity contribution in [2.75, 3.05) is 0 Å². The van der Waals surface area contributed by atoms with Crippen molar-refractivity contribution in [2.45, 2.75) is 13.2 Å². The van der Waals surface area contributed by atoms with Gasteiger partial charge in [0.15, 0.2) is 11.6 Å². The van der Waals surface area contributed by atoms with E-state index >= 15 is 0 Å². The molecule has 0 unspecified atom stereocenters. The molecule has 0 spiro atoms. The zero-order valence-electron chi connectivity index (χ0n) is 9.70. The van der Waals surface area contributed by atoms with E-state index in [9.17, 15) is 8.78 Å². The van der Waals surface area contributed by atoms with Gasteiger partial charge in [0, 0.05) is 12.1 Å². The Kier molecular flexibility index (Phi) is 3.89. The maximum atomic E-state index is 13.6. The molecule has 0 aliphatic heterocycles. The number of hydrogen-bond donors (Lipinski definition) is 1. The van der Waals surface area contributed by atoms with Crippen molar-refractivity contribution >= 4 is 0 Å². The minimum Gasteiger partial charge on any atom is -0.486 e. The lowest BCUT2D eigenvalue weighted by atomic mass is 10.2. The van der Waals surface area contributed by atoms with Gasteiger partial charge in [-0.25, -0.2) is 8.78 Å². The Balaban J connectivity index is 2.09. The van der Waals surface area contributed by atoms with Crippen LogP contribution in [0.1, 0.15) is 11.1 Å². The van der Waals surface area contributed by atoms with E-state index in [-0.39, 0.29) is 24.7 Å². The maximum absolute atomic E-state index is 13.6. The first-order chi connectivity index (χ1) is 8.70. The number of benzene rings is 2. The van der Waals surface area contributed by atoms with Crippen LogP contribution in [0.5, 0.6) is 5.75 Å². The molecule has 2 aromatic rings. The van der Waals surface area contributed by atoms with Gasteiger partial charge in [-0.15, -0.1) is 0 Å². The summed E-state index contributed by atoms with van der Waals surface area (Å²) < 4.78 is 32.1. The molecule has 0 radical (unpaired) electrons. The van der Waals surface area contributed by atoms with Crippen LogP contribution in [-0.4, -0.2) is 0 Å². The molecule has 2 rings (SSSR count). The summed E-state index contributed by atoms with van der Waals surface area (Å²) >= 11 is 0. The maximum Gasteiger partial charge on any atom is 0.165 e. The predicted octanol–water partition coefficient (Wildman–Crippen LogP) is 3.00. The van der Waals surface area contributed by atoms with Crippen LogP contribution in [0.3, 0.4) is 0 Å². The second-order valence-corrected chi connectivity index (χ2v) is 3.85. The van der Waals surface area contributed by atoms with Crippen LogP contribution in [-0.2, 0) is 13.2 Å². The van der Waals surface area contributed by atoms with E-state index in [1.807, 2.05) is 0 Å². The summed E-state index contributed by atoms with van der Waals surface area (Å²) in [5, 5.41) is 0. The summed E-state index contributed by atoms with van der Waals surface area (Å²) in [5.74, 6) is -0.763. The van der Waals surface area contributed by atoms with Crippen LogP contribution in [0.2, 0.25) is 0 Å². The van der Waals surface area contributed by atoms with E-state index in [0.29, 0.717) is 11.1 Å². The normalized spacial score (nSPS) is 10.4. The molecule has 4 heteroatoms. The fourth-order valence-electron chi connectivity index (χ4n) is 1.56. The monoisotopic (exact) mass is 249 g/mol. The Morgan fingerprint density at radius 3 is 2.44 bits per heavy atom. The Labute approximate surface area is 104 Å². The van der Waals surface area contributed by atoms with Crippen molar-refractivity contribution in [3.05, 3.63) is 65.2 Å². The summed E-state index contributed by atoms with van der Waals surface area (Å²) in [6, 6.07) is 10.7. The first-order valence-electron chi connectivity index (χ1n) is 5.55. The van der Waals surface area contributed by atoms with E-state index in [2.05, 4.69) is 0 Å². The average Bonchev–Trinajstić information content (AvgIpc) is 2.39. The summed E-state index contributed by atoms with van der Waals surface area (Å²) in [6.07, 6.45) is 0. The van der Waals surface area contributed by atoms with Crippen molar-refractivity contribution in [3.63, 3.8) is 0 Å². The zero-order chi connectivity index (χ0) is 13.0. The van der Waals surface area contributed by atoms with Crippen molar-refractivity contribution in [2.24, 2.45) is 5.73 Å². The van der Waals surface area contributed by atoms with Gasteiger partial charge in [0.1, 0.15) is 12.4 Å². The van der Waals surface area contributed by atoms with Gasteiger partial charge in [-0.3, -0.25) is 0 Å². The van der Waals surface area contributed by atoms with Crippen LogP contribution >= 0.6 is 0 Å². The fourth-order valence-corrected chi connectivity index (χ4v) is 1.56. The molecule has 0 saturated carbocycles. The second-order valence-electron chi connectivity index (χ2n) is 3.85. The topological polar surface area (TPSA) is 35.2 Å². The van der Waals surface area contributed by atoms with Crippen LogP contribution in [0.15, 0.2) is 42.5 Å². The first-order valence-corrected chi connectivity index (χ1v) is 5.55. The van der Waals surface area contributed by atoms with Crippen LogP contribution in [0.25, 0.3) is 0 Å². The van der Waals surface area contributed by atoms with Crippen LogP contribution in [0, 0.1) is 11.6 Å². The second kappa shape index (κ2) is 5.60. The number of rotatable bonds is 4. The third-order valence-electron chi connectivity index (χ3n) is 2.57. The average molecular weight is 249 g/mol. The predicted molar refractivity (Wildman–Crippen MR) is 65.0 cm³/mol. The number of ether oxygens (including phenoxy) is 1. The quantitative estimate of drug-likeness (QED) is 0.904. The largest absolute Gasteiger partial charge is 0.486 e. The summed E-state index contributed by atoms with van der Waals surface area (Å²) in [6.45, 7) is 0.260. The van der Waals surface area contributed by atoms with E-state index in [0.717, 1.165) is 0 Å². The Morgan fingerprint density at radius 1 is 1.00 bits per heavy atom. The van der Waals surface area contributed by atoms with Gasteiger partial charge in [0.05, 0.1) is 0 Å². The molecule has 0 aromatic heterocycles. The van der Waals surface area contributed by atoms with Crippen molar-refractivity contribution < 1.29 is 13.5 Å². The fraction of sp³-hybridized carbons (Fsp3) is 0.143. The molecule has 0 aliphatic carbocycles. The van der Waals surface area contributed by atoms with Crippen molar-refractivity contribution in [1.82, 2.24) is 0 Å². The van der Waals surface area contributed by atoms with Crippen LogP contribution in [0.4, 0.5) is 8.78 Å². The van der Waals surface area contributed by atoms with Gasteiger partial charge in [0.2, 0.25) is 0 Å². The smallest absolute Gasteiger partial charge is 0.165 e. The highest BCUT2D eigenvalue weighted by Crippen LogP contribution is 2.20. The molecule has 0 saturated heterocycles. The van der Waals surface area contributed by atoms with Crippen molar-refractivity contribution in [3.8, 4) is 5.75 Å². The molecule has 0 atom stereocenters. The molecular weight excluding hydrogens is 236 g/mol. The number of hydrogen-bond acceptors (Lipinski definition) is 2. The molecule has 2 N–H and O–H groups in total. The van der Waals surface area contributed by atoms with Gasteiger partial charge in [-0.2, -0.15) is 0 Å². The van der Waals surface area contributed by atoms with Crippen LogP contribution < -0.4 is 10.5 Å². The highest BCUT2D eigenvalue weighted by Gasteiger charge is 2.06.